The number of hydrogen-bond donors (Lipinski definition) is 2. The molecule has 1 aromatic rings. The van der Waals surface area contributed by atoms with E-state index in [1.165, 1.54) is 0 Å². The van der Waals surface area contributed by atoms with Crippen LogP contribution in [0.3, 0.4) is 0 Å². The Kier molecular flexibility index (Phi) is 4.80. The number of pyridine rings is 1. The Balaban J connectivity index is 2.32. The average Bonchev–Trinajstić information content (AvgIpc) is 2.29. The summed E-state index contributed by atoms with van der Waals surface area (Å²) in [5.74, 6) is -0.779. The molecule has 0 saturated heterocycles. The summed E-state index contributed by atoms with van der Waals surface area (Å²) in [7, 11) is 0. The third-order valence-corrected chi connectivity index (χ3v) is 2.07. The van der Waals surface area contributed by atoms with Crippen LogP contribution in [0.25, 0.3) is 0 Å². The third kappa shape index (κ3) is 3.96. The summed E-state index contributed by atoms with van der Waals surface area (Å²) in [6.07, 6.45) is 4.72. The molecule has 0 radical (unpaired) electrons. The summed E-state index contributed by atoms with van der Waals surface area (Å²) in [5.41, 5.74) is 1.24. The molecule has 0 aliphatic carbocycles. The Labute approximate surface area is 93.7 Å². The van der Waals surface area contributed by atoms with Crippen LogP contribution in [0, 0.1) is 11.3 Å². The van der Waals surface area contributed by atoms with Crippen LogP contribution in [0.1, 0.15) is 24.8 Å². The van der Waals surface area contributed by atoms with Crippen molar-refractivity contribution >= 4 is 11.7 Å². The Bertz CT molecular complexity index is 398. The number of carboxylic acid groups (broad SMARTS) is 1. The van der Waals surface area contributed by atoms with Gasteiger partial charge in [0.15, 0.2) is 0 Å². The highest BCUT2D eigenvalue weighted by atomic mass is 16.4. The molecule has 1 rings (SSSR count). The Morgan fingerprint density at radius 1 is 1.56 bits per heavy atom. The zero-order chi connectivity index (χ0) is 11.8. The maximum Gasteiger partial charge on any atom is 0.303 e. The van der Waals surface area contributed by atoms with Crippen LogP contribution in [0.5, 0.6) is 0 Å². The molecular weight excluding hydrogens is 206 g/mol. The van der Waals surface area contributed by atoms with Crippen molar-refractivity contribution in [1.82, 2.24) is 4.98 Å². The van der Waals surface area contributed by atoms with Gasteiger partial charge in [0.2, 0.25) is 0 Å². The summed E-state index contributed by atoms with van der Waals surface area (Å²) in [5, 5.41) is 20.3. The molecule has 0 aromatic carbocycles. The van der Waals surface area contributed by atoms with E-state index in [1.54, 1.807) is 18.5 Å². The van der Waals surface area contributed by atoms with Crippen molar-refractivity contribution < 1.29 is 9.90 Å². The molecule has 16 heavy (non-hydrogen) atoms. The molecule has 1 aromatic heterocycles. The minimum atomic E-state index is -0.779. The number of unbranched alkanes of at least 4 members (excludes halogenated alkanes) is 1. The van der Waals surface area contributed by atoms with Gasteiger partial charge in [-0.25, -0.2) is 0 Å². The highest BCUT2D eigenvalue weighted by molar-refractivity contribution is 5.66. The number of rotatable bonds is 6. The lowest BCUT2D eigenvalue weighted by Crippen LogP contribution is -2.04. The van der Waals surface area contributed by atoms with Crippen LogP contribution in [0.4, 0.5) is 5.69 Å². The van der Waals surface area contributed by atoms with E-state index < -0.39 is 5.97 Å². The fourth-order valence-corrected chi connectivity index (χ4v) is 1.26. The van der Waals surface area contributed by atoms with E-state index in [4.69, 9.17) is 10.4 Å². The maximum atomic E-state index is 10.3. The van der Waals surface area contributed by atoms with Gasteiger partial charge in [-0.3, -0.25) is 9.78 Å². The molecule has 0 aliphatic rings. The van der Waals surface area contributed by atoms with Gasteiger partial charge in [0.25, 0.3) is 0 Å². The van der Waals surface area contributed by atoms with Crippen LogP contribution in [-0.4, -0.2) is 22.6 Å². The van der Waals surface area contributed by atoms with Gasteiger partial charge < -0.3 is 10.4 Å². The number of hydrogen-bond acceptors (Lipinski definition) is 4. The molecule has 0 unspecified atom stereocenters. The lowest BCUT2D eigenvalue weighted by molar-refractivity contribution is -0.137. The summed E-state index contributed by atoms with van der Waals surface area (Å²) in [6, 6.07) is 3.70. The first-order chi connectivity index (χ1) is 7.74. The van der Waals surface area contributed by atoms with Gasteiger partial charge in [0, 0.05) is 19.2 Å². The maximum absolute atomic E-state index is 10.3. The van der Waals surface area contributed by atoms with Gasteiger partial charge in [0.1, 0.15) is 6.07 Å². The van der Waals surface area contributed by atoms with Crippen molar-refractivity contribution in [3.05, 3.63) is 24.0 Å². The lowest BCUT2D eigenvalue weighted by atomic mass is 10.2. The molecule has 0 amide bonds. The topological polar surface area (TPSA) is 86.0 Å². The molecule has 5 heteroatoms. The first-order valence-corrected chi connectivity index (χ1v) is 5.04. The zero-order valence-corrected chi connectivity index (χ0v) is 8.81. The zero-order valence-electron chi connectivity index (χ0n) is 8.81. The smallest absolute Gasteiger partial charge is 0.303 e. The molecule has 0 bridgehead atoms. The van der Waals surface area contributed by atoms with E-state index in [9.17, 15) is 4.79 Å². The molecule has 0 saturated carbocycles. The average molecular weight is 219 g/mol. The molecule has 84 valence electrons. The van der Waals surface area contributed by atoms with E-state index in [-0.39, 0.29) is 6.42 Å². The van der Waals surface area contributed by atoms with Crippen molar-refractivity contribution in [2.75, 3.05) is 11.9 Å². The van der Waals surface area contributed by atoms with Gasteiger partial charge in [-0.2, -0.15) is 5.26 Å². The second-order valence-electron chi connectivity index (χ2n) is 3.31. The highest BCUT2D eigenvalue weighted by Crippen LogP contribution is 2.11. The van der Waals surface area contributed by atoms with Crippen molar-refractivity contribution in [2.45, 2.75) is 19.3 Å². The van der Waals surface area contributed by atoms with Crippen LogP contribution in [-0.2, 0) is 4.79 Å². The van der Waals surface area contributed by atoms with E-state index in [0.29, 0.717) is 24.2 Å². The third-order valence-electron chi connectivity index (χ3n) is 2.07. The highest BCUT2D eigenvalue weighted by Gasteiger charge is 2.00. The van der Waals surface area contributed by atoms with E-state index in [2.05, 4.69) is 16.4 Å². The normalized spacial score (nSPS) is 9.44. The van der Waals surface area contributed by atoms with Crippen LogP contribution in [0.15, 0.2) is 18.5 Å². The summed E-state index contributed by atoms with van der Waals surface area (Å²) >= 11 is 0. The Morgan fingerprint density at radius 2 is 2.38 bits per heavy atom. The molecule has 5 nitrogen and oxygen atoms in total. The number of nitrogens with one attached hydrogen (secondary N) is 1. The number of carboxylic acids is 1. The predicted octanol–water partition coefficient (Wildman–Crippen LogP) is 1.62. The summed E-state index contributed by atoms with van der Waals surface area (Å²) in [6.45, 7) is 0.646. The standard InChI is InChI=1S/C11H13N3O2/c12-7-9-4-6-13-8-10(9)14-5-2-1-3-11(15)16/h4,6,8,14H,1-3,5H2,(H,15,16). The van der Waals surface area contributed by atoms with Crippen LogP contribution < -0.4 is 5.32 Å². The minimum absolute atomic E-state index is 0.180. The fourth-order valence-electron chi connectivity index (χ4n) is 1.26. The van der Waals surface area contributed by atoms with Gasteiger partial charge in [-0.1, -0.05) is 0 Å². The molecule has 0 spiro atoms. The summed E-state index contributed by atoms with van der Waals surface area (Å²) < 4.78 is 0. The monoisotopic (exact) mass is 219 g/mol. The first-order valence-electron chi connectivity index (χ1n) is 5.04. The molecule has 0 aliphatic heterocycles. The van der Waals surface area contributed by atoms with Gasteiger partial charge >= 0.3 is 5.97 Å². The summed E-state index contributed by atoms with van der Waals surface area (Å²) in [4.78, 5) is 14.2. The SMILES string of the molecule is N#Cc1ccncc1NCCCCC(=O)O. The molecule has 0 fully saturated rings. The number of nitrogens with zero attached hydrogens (tertiary/aromatic N) is 2. The van der Waals surface area contributed by atoms with Crippen LogP contribution in [0.2, 0.25) is 0 Å². The second kappa shape index (κ2) is 6.40. The first kappa shape index (κ1) is 12.0. The molecule has 2 N–H and O–H groups in total. The van der Waals surface area contributed by atoms with E-state index in [0.717, 1.165) is 6.42 Å². The lowest BCUT2D eigenvalue weighted by Gasteiger charge is -2.06. The number of nitriles is 1. The van der Waals surface area contributed by atoms with Gasteiger partial charge in [-0.15, -0.1) is 0 Å². The molecule has 1 heterocycles. The van der Waals surface area contributed by atoms with E-state index in [1.807, 2.05) is 0 Å². The second-order valence-corrected chi connectivity index (χ2v) is 3.31. The van der Waals surface area contributed by atoms with Crippen molar-refractivity contribution in [3.8, 4) is 6.07 Å². The van der Waals surface area contributed by atoms with Crippen molar-refractivity contribution in [2.24, 2.45) is 0 Å². The largest absolute Gasteiger partial charge is 0.481 e. The number of aliphatic carboxylic acids is 1. The van der Waals surface area contributed by atoms with Gasteiger partial charge in [0.05, 0.1) is 17.4 Å². The quantitative estimate of drug-likeness (QED) is 0.710. The minimum Gasteiger partial charge on any atom is -0.481 e. The fraction of sp³-hybridized carbons (Fsp3) is 0.364. The number of carbonyl (C=O) groups is 1. The molecule has 0 atom stereocenters. The van der Waals surface area contributed by atoms with Gasteiger partial charge in [-0.05, 0) is 18.9 Å². The van der Waals surface area contributed by atoms with Crippen molar-refractivity contribution in [1.29, 1.82) is 5.26 Å². The van der Waals surface area contributed by atoms with Crippen LogP contribution >= 0.6 is 0 Å². The Morgan fingerprint density at radius 3 is 3.06 bits per heavy atom. The molecular formula is C11H13N3O2. The van der Waals surface area contributed by atoms with Crippen molar-refractivity contribution in [3.63, 3.8) is 0 Å². The predicted molar refractivity (Wildman–Crippen MR) is 58.9 cm³/mol. The number of anilines is 1. The number of aromatic nitrogens is 1. The van der Waals surface area contributed by atoms with E-state index >= 15 is 0 Å². The Hall–Kier alpha value is -2.09.